The number of benzene rings is 1. The standard InChI is InChI=1S/C19H27N3S/c1-13-7-9-22(10-8-13)12-18-16(4)23-19(21-18)20-17-6-5-14(2)11-15(17)3/h5-6,11,13H,7-10,12H2,1-4H3,(H,20,21). The van der Waals surface area contributed by atoms with Crippen molar-refractivity contribution in [3.8, 4) is 0 Å². The highest BCUT2D eigenvalue weighted by atomic mass is 32.1. The Morgan fingerprint density at radius 3 is 2.65 bits per heavy atom. The van der Waals surface area contributed by atoms with Gasteiger partial charge >= 0.3 is 0 Å². The molecule has 1 saturated heterocycles. The summed E-state index contributed by atoms with van der Waals surface area (Å²) in [6.45, 7) is 12.2. The molecule has 1 fully saturated rings. The molecule has 3 nitrogen and oxygen atoms in total. The molecule has 0 aliphatic carbocycles. The maximum absolute atomic E-state index is 4.85. The third-order valence-corrected chi connectivity index (χ3v) is 5.69. The van der Waals surface area contributed by atoms with E-state index in [0.717, 1.165) is 23.3 Å². The fourth-order valence-corrected chi connectivity index (χ4v) is 3.96. The highest BCUT2D eigenvalue weighted by molar-refractivity contribution is 7.15. The van der Waals surface area contributed by atoms with E-state index in [1.165, 1.54) is 47.6 Å². The summed E-state index contributed by atoms with van der Waals surface area (Å²) in [5.74, 6) is 0.879. The average molecular weight is 330 g/mol. The Labute approximate surface area is 143 Å². The molecule has 0 bridgehead atoms. The molecule has 0 saturated carbocycles. The molecule has 2 heterocycles. The molecule has 0 radical (unpaired) electrons. The van der Waals surface area contributed by atoms with Crippen LogP contribution in [-0.2, 0) is 6.54 Å². The van der Waals surface area contributed by atoms with Crippen LogP contribution in [0, 0.1) is 26.7 Å². The van der Waals surface area contributed by atoms with Crippen LogP contribution in [0.4, 0.5) is 10.8 Å². The smallest absolute Gasteiger partial charge is 0.187 e. The number of rotatable bonds is 4. The van der Waals surface area contributed by atoms with Crippen molar-refractivity contribution in [2.75, 3.05) is 18.4 Å². The van der Waals surface area contributed by atoms with Crippen LogP contribution in [0.5, 0.6) is 0 Å². The fourth-order valence-electron chi connectivity index (χ4n) is 3.13. The Kier molecular flexibility index (Phi) is 5.02. The van der Waals surface area contributed by atoms with Crippen molar-refractivity contribution in [2.24, 2.45) is 5.92 Å². The van der Waals surface area contributed by atoms with Crippen LogP contribution in [-0.4, -0.2) is 23.0 Å². The van der Waals surface area contributed by atoms with E-state index < -0.39 is 0 Å². The van der Waals surface area contributed by atoms with Gasteiger partial charge < -0.3 is 5.32 Å². The Morgan fingerprint density at radius 2 is 1.96 bits per heavy atom. The van der Waals surface area contributed by atoms with Gasteiger partial charge in [-0.3, -0.25) is 4.90 Å². The molecule has 124 valence electrons. The summed E-state index contributed by atoms with van der Waals surface area (Å²) in [6, 6.07) is 6.50. The van der Waals surface area contributed by atoms with Crippen LogP contribution in [0.2, 0.25) is 0 Å². The predicted molar refractivity (Wildman–Crippen MR) is 99.7 cm³/mol. The van der Waals surface area contributed by atoms with Crippen LogP contribution >= 0.6 is 11.3 Å². The number of hydrogen-bond acceptors (Lipinski definition) is 4. The number of thiazole rings is 1. The van der Waals surface area contributed by atoms with Gasteiger partial charge in [0.25, 0.3) is 0 Å². The molecular weight excluding hydrogens is 302 g/mol. The number of aromatic nitrogens is 1. The number of hydrogen-bond donors (Lipinski definition) is 1. The molecule has 4 heteroatoms. The summed E-state index contributed by atoms with van der Waals surface area (Å²) < 4.78 is 0. The quantitative estimate of drug-likeness (QED) is 0.851. The largest absolute Gasteiger partial charge is 0.331 e. The third kappa shape index (κ3) is 4.12. The molecule has 0 atom stereocenters. The van der Waals surface area contributed by atoms with Crippen molar-refractivity contribution in [3.63, 3.8) is 0 Å². The highest BCUT2D eigenvalue weighted by Crippen LogP contribution is 2.28. The summed E-state index contributed by atoms with van der Waals surface area (Å²) in [4.78, 5) is 8.72. The molecule has 0 unspecified atom stereocenters. The van der Waals surface area contributed by atoms with Crippen molar-refractivity contribution in [1.82, 2.24) is 9.88 Å². The van der Waals surface area contributed by atoms with Gasteiger partial charge in [0.15, 0.2) is 5.13 Å². The van der Waals surface area contributed by atoms with Gasteiger partial charge in [0.2, 0.25) is 0 Å². The zero-order chi connectivity index (χ0) is 16.4. The van der Waals surface area contributed by atoms with Gasteiger partial charge in [-0.15, -0.1) is 11.3 Å². The normalized spacial score (nSPS) is 16.7. The Hall–Kier alpha value is -1.39. The second kappa shape index (κ2) is 7.02. The molecule has 0 amide bonds. The van der Waals surface area contributed by atoms with E-state index in [1.54, 1.807) is 11.3 Å². The summed E-state index contributed by atoms with van der Waals surface area (Å²) in [5.41, 5.74) is 4.95. The lowest BCUT2D eigenvalue weighted by atomic mass is 9.99. The van der Waals surface area contributed by atoms with Crippen molar-refractivity contribution < 1.29 is 0 Å². The van der Waals surface area contributed by atoms with Crippen LogP contribution < -0.4 is 5.32 Å². The van der Waals surface area contributed by atoms with Crippen LogP contribution in [0.25, 0.3) is 0 Å². The lowest BCUT2D eigenvalue weighted by Crippen LogP contribution is -2.32. The van der Waals surface area contributed by atoms with Crippen LogP contribution in [0.15, 0.2) is 18.2 Å². The number of nitrogens with one attached hydrogen (secondary N) is 1. The van der Waals surface area contributed by atoms with E-state index in [9.17, 15) is 0 Å². The Balaban J connectivity index is 1.68. The van der Waals surface area contributed by atoms with E-state index in [-0.39, 0.29) is 0 Å². The molecule has 1 aromatic carbocycles. The topological polar surface area (TPSA) is 28.2 Å². The fraction of sp³-hybridized carbons (Fsp3) is 0.526. The molecule has 23 heavy (non-hydrogen) atoms. The summed E-state index contributed by atoms with van der Waals surface area (Å²) >= 11 is 1.76. The monoisotopic (exact) mass is 329 g/mol. The average Bonchev–Trinajstić information content (AvgIpc) is 2.84. The molecule has 1 aliphatic heterocycles. The number of nitrogens with zero attached hydrogens (tertiary/aromatic N) is 2. The van der Waals surface area contributed by atoms with Crippen LogP contribution in [0.3, 0.4) is 0 Å². The van der Waals surface area contributed by atoms with Gasteiger partial charge in [-0.1, -0.05) is 24.6 Å². The number of aryl methyl sites for hydroxylation is 3. The van der Waals surface area contributed by atoms with Crippen molar-refractivity contribution >= 4 is 22.2 Å². The van der Waals surface area contributed by atoms with E-state index in [4.69, 9.17) is 4.98 Å². The number of anilines is 2. The first-order valence-corrected chi connectivity index (χ1v) is 9.36. The maximum atomic E-state index is 4.85. The summed E-state index contributed by atoms with van der Waals surface area (Å²) in [7, 11) is 0. The van der Waals surface area contributed by atoms with Gasteiger partial charge in [-0.05, 0) is 64.3 Å². The second-order valence-corrected chi connectivity index (χ2v) is 8.13. The first kappa shape index (κ1) is 16.5. The van der Waals surface area contributed by atoms with Gasteiger partial charge in [-0.2, -0.15) is 0 Å². The Morgan fingerprint density at radius 1 is 1.22 bits per heavy atom. The molecule has 1 aromatic heterocycles. The first-order valence-electron chi connectivity index (χ1n) is 8.54. The van der Waals surface area contributed by atoms with Gasteiger partial charge in [0, 0.05) is 17.1 Å². The Bertz CT molecular complexity index is 669. The van der Waals surface area contributed by atoms with E-state index in [0.29, 0.717) is 0 Å². The molecule has 3 rings (SSSR count). The lowest BCUT2D eigenvalue weighted by molar-refractivity contribution is 0.183. The zero-order valence-electron chi connectivity index (χ0n) is 14.6. The zero-order valence-corrected chi connectivity index (χ0v) is 15.5. The minimum absolute atomic E-state index is 0.879. The van der Waals surface area contributed by atoms with E-state index in [1.807, 2.05) is 0 Å². The molecule has 1 N–H and O–H groups in total. The van der Waals surface area contributed by atoms with E-state index in [2.05, 4.69) is 56.1 Å². The molecule has 1 aliphatic rings. The minimum atomic E-state index is 0.879. The summed E-state index contributed by atoms with van der Waals surface area (Å²) in [6.07, 6.45) is 2.63. The van der Waals surface area contributed by atoms with Crippen molar-refractivity contribution in [1.29, 1.82) is 0 Å². The second-order valence-electron chi connectivity index (χ2n) is 6.92. The van der Waals surface area contributed by atoms with E-state index >= 15 is 0 Å². The predicted octanol–water partition coefficient (Wildman–Crippen LogP) is 5.04. The maximum Gasteiger partial charge on any atom is 0.187 e. The number of likely N-dealkylation sites (tertiary alicyclic amines) is 1. The number of piperidine rings is 1. The van der Waals surface area contributed by atoms with Crippen LogP contribution in [0.1, 0.15) is 41.5 Å². The van der Waals surface area contributed by atoms with Crippen molar-refractivity contribution in [2.45, 2.75) is 47.1 Å². The third-order valence-electron chi connectivity index (χ3n) is 4.77. The SMILES string of the molecule is Cc1ccc(Nc2nc(CN3CCC(C)CC3)c(C)s2)c(C)c1. The molecule has 0 spiro atoms. The van der Waals surface area contributed by atoms with Gasteiger partial charge in [-0.25, -0.2) is 4.98 Å². The van der Waals surface area contributed by atoms with Gasteiger partial charge in [0.05, 0.1) is 5.69 Å². The molecular formula is C19H27N3S. The minimum Gasteiger partial charge on any atom is -0.331 e. The highest BCUT2D eigenvalue weighted by Gasteiger charge is 2.18. The lowest BCUT2D eigenvalue weighted by Gasteiger charge is -2.29. The first-order chi connectivity index (χ1) is 11.0. The summed E-state index contributed by atoms with van der Waals surface area (Å²) in [5, 5.41) is 4.50. The molecule has 2 aromatic rings. The van der Waals surface area contributed by atoms with Gasteiger partial charge in [0.1, 0.15) is 0 Å². The van der Waals surface area contributed by atoms with Crippen molar-refractivity contribution in [3.05, 3.63) is 39.9 Å².